The molecule has 1 aliphatic rings. The Labute approximate surface area is 123 Å². The zero-order valence-electron chi connectivity index (χ0n) is 13.2. The molecular formula is C17H28N2O. The summed E-state index contributed by atoms with van der Waals surface area (Å²) in [7, 11) is 0. The van der Waals surface area contributed by atoms with Crippen LogP contribution >= 0.6 is 0 Å². The number of likely N-dealkylation sites (N-methyl/N-ethyl adjacent to an activating group) is 1. The van der Waals surface area contributed by atoms with E-state index in [4.69, 9.17) is 0 Å². The van der Waals surface area contributed by atoms with E-state index in [0.717, 1.165) is 31.7 Å². The van der Waals surface area contributed by atoms with Crippen molar-refractivity contribution in [3.63, 3.8) is 0 Å². The number of rotatable bonds is 4. The minimum absolute atomic E-state index is 0.166. The molecule has 0 bridgehead atoms. The van der Waals surface area contributed by atoms with Gasteiger partial charge in [-0.05, 0) is 32.9 Å². The number of aliphatic hydroxyl groups is 1. The minimum Gasteiger partial charge on any atom is -0.387 e. The molecule has 1 aromatic carbocycles. The summed E-state index contributed by atoms with van der Waals surface area (Å²) in [5.74, 6) is 0. The first kappa shape index (κ1) is 15.5. The molecule has 0 radical (unpaired) electrons. The number of hydrogen-bond donors (Lipinski definition) is 1. The van der Waals surface area contributed by atoms with E-state index in [1.165, 1.54) is 5.56 Å². The fourth-order valence-electron chi connectivity index (χ4n) is 3.10. The lowest BCUT2D eigenvalue weighted by Gasteiger charge is -2.43. The van der Waals surface area contributed by atoms with Crippen molar-refractivity contribution in [2.75, 3.05) is 26.2 Å². The topological polar surface area (TPSA) is 26.7 Å². The highest BCUT2D eigenvalue weighted by molar-refractivity contribution is 5.24. The molecule has 1 aliphatic heterocycles. The van der Waals surface area contributed by atoms with Crippen molar-refractivity contribution >= 4 is 0 Å². The Kier molecular flexibility index (Phi) is 5.19. The summed E-state index contributed by atoms with van der Waals surface area (Å²) in [6.45, 7) is 13.0. The number of hydrogen-bond acceptors (Lipinski definition) is 3. The van der Waals surface area contributed by atoms with Gasteiger partial charge in [0.2, 0.25) is 0 Å². The van der Waals surface area contributed by atoms with Crippen molar-refractivity contribution in [3.8, 4) is 0 Å². The summed E-state index contributed by atoms with van der Waals surface area (Å²) in [5.41, 5.74) is 2.26. The van der Waals surface area contributed by atoms with Gasteiger partial charge in [-0.2, -0.15) is 0 Å². The van der Waals surface area contributed by atoms with E-state index in [-0.39, 0.29) is 6.04 Å². The molecule has 0 spiro atoms. The summed E-state index contributed by atoms with van der Waals surface area (Å²) in [4.78, 5) is 4.92. The summed E-state index contributed by atoms with van der Waals surface area (Å²) >= 11 is 0. The van der Waals surface area contributed by atoms with E-state index in [1.807, 2.05) is 12.1 Å². The number of piperazine rings is 1. The second-order valence-electron chi connectivity index (χ2n) is 6.07. The molecule has 3 nitrogen and oxygen atoms in total. The summed E-state index contributed by atoms with van der Waals surface area (Å²) in [6, 6.07) is 8.97. The predicted octanol–water partition coefficient (Wildman–Crippen LogP) is 2.44. The first-order valence-electron chi connectivity index (χ1n) is 7.75. The van der Waals surface area contributed by atoms with Gasteiger partial charge >= 0.3 is 0 Å². The van der Waals surface area contributed by atoms with Gasteiger partial charge in [-0.3, -0.25) is 9.80 Å². The Morgan fingerprint density at radius 1 is 1.25 bits per heavy atom. The predicted molar refractivity (Wildman–Crippen MR) is 83.9 cm³/mol. The SMILES string of the molecule is CCN1CCN(C(C)C(O)c2ccc(C)cc2)CC1C. The third kappa shape index (κ3) is 3.40. The largest absolute Gasteiger partial charge is 0.387 e. The highest BCUT2D eigenvalue weighted by Gasteiger charge is 2.29. The van der Waals surface area contributed by atoms with Crippen molar-refractivity contribution in [2.45, 2.75) is 45.9 Å². The molecule has 1 N–H and O–H groups in total. The molecule has 0 amide bonds. The second kappa shape index (κ2) is 6.70. The molecule has 3 heteroatoms. The fraction of sp³-hybridized carbons (Fsp3) is 0.647. The van der Waals surface area contributed by atoms with Crippen molar-refractivity contribution < 1.29 is 5.11 Å². The third-order valence-electron chi connectivity index (χ3n) is 4.65. The van der Waals surface area contributed by atoms with Crippen LogP contribution in [-0.2, 0) is 0 Å². The van der Waals surface area contributed by atoms with Gasteiger partial charge in [-0.1, -0.05) is 36.8 Å². The Balaban J connectivity index is 2.00. The lowest BCUT2D eigenvalue weighted by Crippen LogP contribution is -2.55. The van der Waals surface area contributed by atoms with Crippen LogP contribution in [-0.4, -0.2) is 53.2 Å². The monoisotopic (exact) mass is 276 g/mol. The third-order valence-corrected chi connectivity index (χ3v) is 4.65. The standard InChI is InChI=1S/C17H28N2O/c1-5-18-10-11-19(12-14(18)3)15(4)17(20)16-8-6-13(2)7-9-16/h6-9,14-15,17,20H,5,10-12H2,1-4H3. The van der Waals surface area contributed by atoms with Crippen LogP contribution in [0.1, 0.15) is 38.0 Å². The molecule has 0 saturated carbocycles. The van der Waals surface area contributed by atoms with Crippen LogP contribution in [0.2, 0.25) is 0 Å². The van der Waals surface area contributed by atoms with Crippen molar-refractivity contribution in [1.29, 1.82) is 0 Å². The molecular weight excluding hydrogens is 248 g/mol. The van der Waals surface area contributed by atoms with Crippen LogP contribution in [0, 0.1) is 6.92 Å². The molecule has 0 aromatic heterocycles. The summed E-state index contributed by atoms with van der Waals surface area (Å²) in [5, 5.41) is 10.6. The maximum Gasteiger partial charge on any atom is 0.0942 e. The van der Waals surface area contributed by atoms with E-state index in [2.05, 4.69) is 49.6 Å². The number of aryl methyl sites for hydroxylation is 1. The molecule has 1 saturated heterocycles. The average molecular weight is 276 g/mol. The highest BCUT2D eigenvalue weighted by Crippen LogP contribution is 2.23. The summed E-state index contributed by atoms with van der Waals surface area (Å²) < 4.78 is 0. The van der Waals surface area contributed by atoms with Gasteiger partial charge in [0.15, 0.2) is 0 Å². The van der Waals surface area contributed by atoms with Crippen LogP contribution in [0.4, 0.5) is 0 Å². The van der Waals surface area contributed by atoms with Crippen molar-refractivity contribution in [2.24, 2.45) is 0 Å². The number of benzene rings is 1. The highest BCUT2D eigenvalue weighted by atomic mass is 16.3. The molecule has 3 unspecified atom stereocenters. The molecule has 1 heterocycles. The fourth-order valence-corrected chi connectivity index (χ4v) is 3.10. The van der Waals surface area contributed by atoms with E-state index in [9.17, 15) is 5.11 Å². The van der Waals surface area contributed by atoms with Gasteiger partial charge in [0.25, 0.3) is 0 Å². The normalized spacial score (nSPS) is 24.6. The van der Waals surface area contributed by atoms with Gasteiger partial charge in [0.1, 0.15) is 0 Å². The Morgan fingerprint density at radius 2 is 1.90 bits per heavy atom. The number of aliphatic hydroxyl groups excluding tert-OH is 1. The quantitative estimate of drug-likeness (QED) is 0.915. The Hall–Kier alpha value is -0.900. The lowest BCUT2D eigenvalue weighted by molar-refractivity contribution is 0.00759. The van der Waals surface area contributed by atoms with Crippen LogP contribution < -0.4 is 0 Å². The molecule has 1 aromatic rings. The van der Waals surface area contributed by atoms with Gasteiger partial charge in [-0.15, -0.1) is 0 Å². The molecule has 3 atom stereocenters. The molecule has 112 valence electrons. The smallest absolute Gasteiger partial charge is 0.0942 e. The van der Waals surface area contributed by atoms with Gasteiger partial charge < -0.3 is 5.11 Å². The van der Waals surface area contributed by atoms with Crippen molar-refractivity contribution in [1.82, 2.24) is 9.80 Å². The lowest BCUT2D eigenvalue weighted by atomic mass is 10.00. The minimum atomic E-state index is -0.407. The summed E-state index contributed by atoms with van der Waals surface area (Å²) in [6.07, 6.45) is -0.407. The zero-order chi connectivity index (χ0) is 14.7. The van der Waals surface area contributed by atoms with E-state index in [0.29, 0.717) is 6.04 Å². The molecule has 0 aliphatic carbocycles. The van der Waals surface area contributed by atoms with Crippen LogP contribution in [0.5, 0.6) is 0 Å². The first-order valence-corrected chi connectivity index (χ1v) is 7.75. The molecule has 20 heavy (non-hydrogen) atoms. The van der Waals surface area contributed by atoms with Crippen molar-refractivity contribution in [3.05, 3.63) is 35.4 Å². The van der Waals surface area contributed by atoms with Gasteiger partial charge in [0.05, 0.1) is 6.10 Å². The second-order valence-corrected chi connectivity index (χ2v) is 6.07. The molecule has 1 fully saturated rings. The van der Waals surface area contributed by atoms with Gasteiger partial charge in [0, 0.05) is 31.7 Å². The van der Waals surface area contributed by atoms with E-state index in [1.54, 1.807) is 0 Å². The Morgan fingerprint density at radius 3 is 2.45 bits per heavy atom. The maximum absolute atomic E-state index is 10.6. The van der Waals surface area contributed by atoms with Gasteiger partial charge in [-0.25, -0.2) is 0 Å². The maximum atomic E-state index is 10.6. The average Bonchev–Trinajstić information content (AvgIpc) is 2.46. The Bertz CT molecular complexity index is 418. The van der Waals surface area contributed by atoms with Crippen LogP contribution in [0.3, 0.4) is 0 Å². The molecule has 2 rings (SSSR count). The van der Waals surface area contributed by atoms with E-state index < -0.39 is 6.10 Å². The zero-order valence-corrected chi connectivity index (χ0v) is 13.2. The van der Waals surface area contributed by atoms with Crippen LogP contribution in [0.25, 0.3) is 0 Å². The van der Waals surface area contributed by atoms with E-state index >= 15 is 0 Å². The first-order chi connectivity index (χ1) is 9.52. The van der Waals surface area contributed by atoms with Crippen LogP contribution in [0.15, 0.2) is 24.3 Å². The number of nitrogens with zero attached hydrogens (tertiary/aromatic N) is 2.